The van der Waals surface area contributed by atoms with Crippen molar-refractivity contribution in [1.82, 2.24) is 15.1 Å². The van der Waals surface area contributed by atoms with Crippen LogP contribution in [0.1, 0.15) is 0 Å². The van der Waals surface area contributed by atoms with Gasteiger partial charge in [0.25, 0.3) is 5.89 Å². The first-order chi connectivity index (χ1) is 9.66. The van der Waals surface area contributed by atoms with Crippen molar-refractivity contribution in [3.63, 3.8) is 0 Å². The second-order valence-electron chi connectivity index (χ2n) is 4.00. The molecule has 0 unspecified atom stereocenters. The van der Waals surface area contributed by atoms with Crippen molar-refractivity contribution in [1.29, 1.82) is 0 Å². The molecule has 6 nitrogen and oxygen atoms in total. The van der Waals surface area contributed by atoms with Crippen LogP contribution in [0.25, 0.3) is 23.0 Å². The summed E-state index contributed by atoms with van der Waals surface area (Å²) in [5, 5.41) is 13.8. The number of anilines is 1. The number of para-hydroxylation sites is 1. The maximum absolute atomic E-state index is 9.91. The van der Waals surface area contributed by atoms with Crippen LogP contribution in [0.2, 0.25) is 0 Å². The maximum atomic E-state index is 9.91. The summed E-state index contributed by atoms with van der Waals surface area (Å²) in [4.78, 5) is 8.40. The molecule has 7 heteroatoms. The summed E-state index contributed by atoms with van der Waals surface area (Å²) in [6, 6.07) is 8.56. The van der Waals surface area contributed by atoms with Crippen LogP contribution in [0.15, 0.2) is 45.5 Å². The highest BCUT2D eigenvalue weighted by Crippen LogP contribution is 2.34. The van der Waals surface area contributed by atoms with Gasteiger partial charge in [0, 0.05) is 10.7 Å². The lowest BCUT2D eigenvalue weighted by atomic mass is 10.2. The number of rotatable bonds is 2. The summed E-state index contributed by atoms with van der Waals surface area (Å²) in [5.41, 5.74) is 6.84. The molecule has 3 N–H and O–H groups in total. The smallest absolute Gasteiger partial charge is 0.262 e. The summed E-state index contributed by atoms with van der Waals surface area (Å²) in [5.74, 6) is 0.430. The van der Waals surface area contributed by atoms with E-state index in [-0.39, 0.29) is 17.3 Å². The van der Waals surface area contributed by atoms with Crippen LogP contribution >= 0.6 is 15.9 Å². The summed E-state index contributed by atoms with van der Waals surface area (Å²) < 4.78 is 5.91. The van der Waals surface area contributed by atoms with Crippen LogP contribution in [0, 0.1) is 0 Å². The molecule has 0 atom stereocenters. The number of nitrogen functional groups attached to an aromatic ring is 1. The number of phenols is 1. The maximum Gasteiger partial charge on any atom is 0.262 e. The fourth-order valence-corrected chi connectivity index (χ4v) is 2.15. The number of halogens is 1. The van der Waals surface area contributed by atoms with E-state index in [9.17, 15) is 5.11 Å². The number of benzene rings is 1. The van der Waals surface area contributed by atoms with Gasteiger partial charge in [-0.3, -0.25) is 4.98 Å². The SMILES string of the molecule is Nc1cccc(-c2nc(-c3ncccc3Br)no2)c1O. The first-order valence-corrected chi connectivity index (χ1v) is 6.48. The molecule has 0 fully saturated rings. The zero-order valence-electron chi connectivity index (χ0n) is 10.1. The van der Waals surface area contributed by atoms with Gasteiger partial charge in [0.2, 0.25) is 5.82 Å². The van der Waals surface area contributed by atoms with Crippen molar-refractivity contribution in [2.75, 3.05) is 5.73 Å². The van der Waals surface area contributed by atoms with Gasteiger partial charge in [-0.15, -0.1) is 0 Å². The van der Waals surface area contributed by atoms with E-state index in [1.165, 1.54) is 0 Å². The Morgan fingerprint density at radius 3 is 2.85 bits per heavy atom. The first-order valence-electron chi connectivity index (χ1n) is 5.69. The summed E-state index contributed by atoms with van der Waals surface area (Å²) in [6.07, 6.45) is 1.63. The number of nitrogens with two attached hydrogens (primary N) is 1. The quantitative estimate of drug-likeness (QED) is 0.553. The van der Waals surface area contributed by atoms with Crippen molar-refractivity contribution in [2.45, 2.75) is 0 Å². The van der Waals surface area contributed by atoms with Crippen molar-refractivity contribution >= 4 is 21.6 Å². The highest BCUT2D eigenvalue weighted by Gasteiger charge is 2.17. The molecule has 2 aromatic heterocycles. The number of nitrogens with zero attached hydrogens (tertiary/aromatic N) is 3. The average Bonchev–Trinajstić information content (AvgIpc) is 2.92. The lowest BCUT2D eigenvalue weighted by molar-refractivity contribution is 0.426. The Labute approximate surface area is 122 Å². The van der Waals surface area contributed by atoms with Gasteiger partial charge in [0.1, 0.15) is 5.69 Å². The fraction of sp³-hybridized carbons (Fsp3) is 0. The molecule has 0 saturated carbocycles. The molecular formula is C13H9BrN4O2. The van der Waals surface area contributed by atoms with Gasteiger partial charge in [-0.05, 0) is 40.2 Å². The minimum atomic E-state index is -0.0808. The number of aromatic hydroxyl groups is 1. The van der Waals surface area contributed by atoms with Gasteiger partial charge >= 0.3 is 0 Å². The third-order valence-corrected chi connectivity index (χ3v) is 3.33. The fourth-order valence-electron chi connectivity index (χ4n) is 1.71. The van der Waals surface area contributed by atoms with E-state index in [4.69, 9.17) is 10.3 Å². The van der Waals surface area contributed by atoms with Gasteiger partial charge in [-0.25, -0.2) is 0 Å². The molecule has 0 spiro atoms. The van der Waals surface area contributed by atoms with Crippen molar-refractivity contribution in [2.24, 2.45) is 0 Å². The van der Waals surface area contributed by atoms with Crippen molar-refractivity contribution in [3.05, 3.63) is 41.0 Å². The molecule has 0 aliphatic heterocycles. The molecule has 0 aliphatic rings. The Balaban J connectivity index is 2.07. The topological polar surface area (TPSA) is 98.1 Å². The second kappa shape index (κ2) is 4.93. The molecule has 0 radical (unpaired) electrons. The standard InChI is InChI=1S/C13H9BrN4O2/c14-8-4-2-6-16-10(8)12-17-13(20-18-12)7-3-1-5-9(15)11(7)19/h1-6,19H,15H2. The molecule has 0 saturated heterocycles. The Hall–Kier alpha value is -2.41. The van der Waals surface area contributed by atoms with Gasteiger partial charge in [0.15, 0.2) is 5.75 Å². The van der Waals surface area contributed by atoms with Crippen LogP contribution in [0.5, 0.6) is 5.75 Å². The third kappa shape index (κ3) is 2.12. The van der Waals surface area contributed by atoms with E-state index in [1.807, 2.05) is 6.07 Å². The van der Waals surface area contributed by atoms with Crippen molar-refractivity contribution < 1.29 is 9.63 Å². The van der Waals surface area contributed by atoms with Crippen LogP contribution in [-0.4, -0.2) is 20.2 Å². The normalized spacial score (nSPS) is 10.7. The zero-order chi connectivity index (χ0) is 14.1. The minimum Gasteiger partial charge on any atom is -0.505 e. The van der Waals surface area contributed by atoms with Crippen LogP contribution in [0.3, 0.4) is 0 Å². The van der Waals surface area contributed by atoms with E-state index >= 15 is 0 Å². The average molecular weight is 333 g/mol. The largest absolute Gasteiger partial charge is 0.505 e. The number of aromatic nitrogens is 3. The minimum absolute atomic E-state index is 0.0808. The summed E-state index contributed by atoms with van der Waals surface area (Å²) in [7, 11) is 0. The molecule has 20 heavy (non-hydrogen) atoms. The van der Waals surface area contributed by atoms with Gasteiger partial charge < -0.3 is 15.4 Å². The Bertz CT molecular complexity index is 773. The molecule has 100 valence electrons. The summed E-state index contributed by atoms with van der Waals surface area (Å²) in [6.45, 7) is 0. The molecule has 0 amide bonds. The van der Waals surface area contributed by atoms with Gasteiger partial charge in [0.05, 0.1) is 11.3 Å². The van der Waals surface area contributed by atoms with Gasteiger partial charge in [-0.2, -0.15) is 4.98 Å². The van der Waals surface area contributed by atoms with Crippen LogP contribution < -0.4 is 5.73 Å². The predicted octanol–water partition coefficient (Wildman–Crippen LogP) is 2.85. The first kappa shape index (κ1) is 12.6. The lowest BCUT2D eigenvalue weighted by Crippen LogP contribution is -1.89. The monoisotopic (exact) mass is 332 g/mol. The van der Waals surface area contributed by atoms with E-state index in [0.717, 1.165) is 4.47 Å². The number of phenolic OH excluding ortho intramolecular Hbond substituents is 1. The Morgan fingerprint density at radius 2 is 2.05 bits per heavy atom. The molecule has 3 aromatic rings. The van der Waals surface area contributed by atoms with Gasteiger partial charge in [-0.1, -0.05) is 11.2 Å². The van der Waals surface area contributed by atoms with Crippen molar-refractivity contribution in [3.8, 4) is 28.7 Å². The number of pyridine rings is 1. The molecule has 2 heterocycles. The lowest BCUT2D eigenvalue weighted by Gasteiger charge is -2.01. The molecular weight excluding hydrogens is 324 g/mol. The Kier molecular flexibility index (Phi) is 3.11. The highest BCUT2D eigenvalue weighted by molar-refractivity contribution is 9.10. The van der Waals surface area contributed by atoms with E-state index < -0.39 is 0 Å². The molecule has 3 rings (SSSR count). The molecule has 0 bridgehead atoms. The number of hydrogen-bond acceptors (Lipinski definition) is 6. The summed E-state index contributed by atoms with van der Waals surface area (Å²) >= 11 is 3.37. The molecule has 1 aromatic carbocycles. The predicted molar refractivity (Wildman–Crippen MR) is 76.7 cm³/mol. The third-order valence-electron chi connectivity index (χ3n) is 2.69. The molecule has 0 aliphatic carbocycles. The zero-order valence-corrected chi connectivity index (χ0v) is 11.7. The Morgan fingerprint density at radius 1 is 1.20 bits per heavy atom. The number of hydrogen-bond donors (Lipinski definition) is 2. The van der Waals surface area contributed by atoms with E-state index in [2.05, 4.69) is 31.1 Å². The second-order valence-corrected chi connectivity index (χ2v) is 4.85. The van der Waals surface area contributed by atoms with Crippen LogP contribution in [-0.2, 0) is 0 Å². The highest BCUT2D eigenvalue weighted by atomic mass is 79.9. The van der Waals surface area contributed by atoms with E-state index in [0.29, 0.717) is 17.1 Å². The van der Waals surface area contributed by atoms with Crippen LogP contribution in [0.4, 0.5) is 5.69 Å². The van der Waals surface area contributed by atoms with E-state index in [1.54, 1.807) is 30.5 Å².